The van der Waals surface area contributed by atoms with Gasteiger partial charge in [0.15, 0.2) is 5.96 Å². The van der Waals surface area contributed by atoms with E-state index in [-0.39, 0.29) is 81.6 Å². The average Bonchev–Trinajstić information content (AvgIpc) is 1.86. The Morgan fingerprint density at radius 2 is 1.24 bits per heavy atom. The molecule has 32 nitrogen and oxygen atoms in total. The number of carbonyl (C=O) groups excluding carboxylic acids is 10. The van der Waals surface area contributed by atoms with Crippen molar-refractivity contribution in [1.82, 2.24) is 67.7 Å². The quantitative estimate of drug-likeness (QED) is 0.0152. The number of likely N-dealkylation sites (tertiary alicyclic amines) is 1. The first-order valence-electron chi connectivity index (χ1n) is 30.4. The summed E-state index contributed by atoms with van der Waals surface area (Å²) in [4.78, 5) is 172. The number of nitrogens with zero attached hydrogens (tertiary/aromatic N) is 3. The van der Waals surface area contributed by atoms with Gasteiger partial charge in [0, 0.05) is 88.2 Å². The number of rotatable bonds is 30. The summed E-state index contributed by atoms with van der Waals surface area (Å²) in [6.45, 7) is 10.3. The van der Waals surface area contributed by atoms with Crippen molar-refractivity contribution in [2.24, 2.45) is 28.3 Å². The van der Waals surface area contributed by atoms with Crippen molar-refractivity contribution >= 4 is 87.9 Å². The standard InChI is InChI=1S/C57H80N16O12.2C2H4O2/c1-6-61-53(82)44-14-10-22-73(44)56(85)39(13-9-21-62-57(58)59)66-54(83)46(30(2)3)72-55(84)47(31(4)5)71-51(80)40(23-32-15-17-35(75)18-16-32)67-52(81)43(28-74)70-49(78)41(24-33-26-63-37-12-8-7-11-36(33)37)68-50(79)42(25-34-27-60-29-64-34)69-48(77)38-19-20-45(76)65-38;2*1-2(3)4/h7-8,11-12,15-18,26-27,29-31,38-44,46-47,63,74-75H,6,9-10,13-14,19-25,28H2,1-5H3,(H,60,64)(H,61,82)(H,65,76)(H,66,83)(H,67,81)(H,68,79)(H,69,77)(H,70,78)(H,71,80)(H,72,84)(H4,58,59,62);2*1H3,(H,3,4). The summed E-state index contributed by atoms with van der Waals surface area (Å²) in [5, 5.41) is 60.4. The van der Waals surface area contributed by atoms with Gasteiger partial charge in [0.05, 0.1) is 12.9 Å². The molecule has 6 rings (SSSR count). The highest BCUT2D eigenvalue weighted by Crippen LogP contribution is 2.22. The molecule has 10 amide bonds. The van der Waals surface area contributed by atoms with Gasteiger partial charge in [-0.3, -0.25) is 62.5 Å². The van der Waals surface area contributed by atoms with E-state index in [1.807, 2.05) is 6.07 Å². The molecule has 0 radical (unpaired) electrons. The number of H-pyrrole nitrogens is 2. The van der Waals surface area contributed by atoms with Crippen molar-refractivity contribution in [3.05, 3.63) is 84.1 Å². The number of imidazole rings is 1. The lowest BCUT2D eigenvalue weighted by molar-refractivity contribution is -0.142. The molecular weight excluding hydrogens is 1210 g/mol. The number of carboxylic acid groups (broad SMARTS) is 2. The Morgan fingerprint density at radius 3 is 1.80 bits per heavy atom. The number of nitrogens with one attached hydrogen (secondary N) is 11. The lowest BCUT2D eigenvalue weighted by Gasteiger charge is -2.31. The van der Waals surface area contributed by atoms with E-state index in [0.717, 1.165) is 19.4 Å². The zero-order chi connectivity index (χ0) is 69.1. The number of carbonyl (C=O) groups is 12. The van der Waals surface area contributed by atoms with Crippen LogP contribution >= 0.6 is 0 Å². The van der Waals surface area contributed by atoms with Gasteiger partial charge in [-0.15, -0.1) is 0 Å². The van der Waals surface area contributed by atoms with Crippen LogP contribution in [0, 0.1) is 11.8 Å². The fraction of sp³-hybridized carbons (Fsp3) is 0.508. The molecule has 2 aromatic carbocycles. The summed E-state index contributed by atoms with van der Waals surface area (Å²) in [7, 11) is 0. The number of benzene rings is 2. The molecule has 0 aliphatic carbocycles. The van der Waals surface area contributed by atoms with Gasteiger partial charge in [0.2, 0.25) is 59.1 Å². The normalized spacial score (nSPS) is 16.3. The smallest absolute Gasteiger partial charge is 0.300 e. The first-order valence-corrected chi connectivity index (χ1v) is 30.4. The van der Waals surface area contributed by atoms with E-state index in [2.05, 4.69) is 67.8 Å². The van der Waals surface area contributed by atoms with Crippen LogP contribution in [-0.2, 0) is 76.8 Å². The second-order valence-corrected chi connectivity index (χ2v) is 22.9. The number of aliphatic carboxylic acids is 2. The lowest BCUT2D eigenvalue weighted by atomic mass is 9.98. The number of aromatic amines is 2. The molecule has 508 valence electrons. The fourth-order valence-electron chi connectivity index (χ4n) is 10.1. The molecule has 2 aliphatic heterocycles. The van der Waals surface area contributed by atoms with Gasteiger partial charge in [0.1, 0.15) is 60.1 Å². The van der Waals surface area contributed by atoms with Crippen LogP contribution in [0.5, 0.6) is 5.75 Å². The van der Waals surface area contributed by atoms with Crippen LogP contribution in [0.25, 0.3) is 10.9 Å². The number of amides is 10. The van der Waals surface area contributed by atoms with E-state index >= 15 is 0 Å². The van der Waals surface area contributed by atoms with Crippen molar-refractivity contribution in [1.29, 1.82) is 0 Å². The highest BCUT2D eigenvalue weighted by atomic mass is 16.4. The van der Waals surface area contributed by atoms with E-state index in [0.29, 0.717) is 41.6 Å². The van der Waals surface area contributed by atoms with Gasteiger partial charge in [0.25, 0.3) is 11.9 Å². The predicted molar refractivity (Wildman–Crippen MR) is 337 cm³/mol. The van der Waals surface area contributed by atoms with Gasteiger partial charge in [-0.1, -0.05) is 58.0 Å². The van der Waals surface area contributed by atoms with Crippen LogP contribution in [0.15, 0.2) is 72.2 Å². The molecule has 32 heteroatoms. The van der Waals surface area contributed by atoms with Gasteiger partial charge >= 0.3 is 0 Å². The minimum Gasteiger partial charge on any atom is -0.508 e. The Labute approximate surface area is 536 Å². The van der Waals surface area contributed by atoms with Crippen LogP contribution < -0.4 is 59.3 Å². The van der Waals surface area contributed by atoms with E-state index in [1.165, 1.54) is 41.7 Å². The van der Waals surface area contributed by atoms with Crippen molar-refractivity contribution in [2.45, 2.75) is 161 Å². The maximum Gasteiger partial charge on any atom is 0.300 e. The van der Waals surface area contributed by atoms with Gasteiger partial charge in [-0.05, 0) is 80.2 Å². The van der Waals surface area contributed by atoms with Gasteiger partial charge in [-0.2, -0.15) is 0 Å². The summed E-state index contributed by atoms with van der Waals surface area (Å²) >= 11 is 0. The Kier molecular flexibility index (Phi) is 30.2. The maximum atomic E-state index is 14.6. The molecule has 0 spiro atoms. The molecule has 0 bridgehead atoms. The Bertz CT molecular complexity index is 3220. The molecular formula is C61H88N16O16. The Balaban J connectivity index is 0.00000217. The number of guanidine groups is 1. The van der Waals surface area contributed by atoms with E-state index in [4.69, 9.17) is 31.3 Å². The number of phenolic OH excluding ortho intramolecular Hbond substituents is 1. The number of carboxylic acids is 2. The number of fused-ring (bicyclic) bond motifs is 1. The van der Waals surface area contributed by atoms with Crippen molar-refractivity contribution < 1.29 is 78.0 Å². The van der Waals surface area contributed by atoms with Crippen LogP contribution in [0.2, 0.25) is 0 Å². The second-order valence-electron chi connectivity index (χ2n) is 22.9. The minimum atomic E-state index is -1.75. The summed E-state index contributed by atoms with van der Waals surface area (Å²) in [5.74, 6) is -10.1. The molecule has 0 saturated carbocycles. The number of aromatic nitrogens is 3. The van der Waals surface area contributed by atoms with Gasteiger partial charge < -0.3 is 94.6 Å². The van der Waals surface area contributed by atoms with Crippen LogP contribution in [-0.4, -0.2) is 198 Å². The topological polar surface area (TPSA) is 506 Å². The number of nitrogens with two attached hydrogens (primary N) is 2. The van der Waals surface area contributed by atoms with Crippen LogP contribution in [0.3, 0.4) is 0 Å². The summed E-state index contributed by atoms with van der Waals surface area (Å²) in [6, 6.07) is 1.48. The summed E-state index contributed by atoms with van der Waals surface area (Å²) < 4.78 is 0. The number of hydrogen-bond acceptors (Lipinski definition) is 16. The molecule has 2 saturated heterocycles. The molecule has 4 heterocycles. The second kappa shape index (κ2) is 37.3. The van der Waals surface area contributed by atoms with E-state index < -0.39 is 132 Å². The molecule has 4 aromatic rings. The van der Waals surface area contributed by atoms with E-state index in [1.54, 1.807) is 59.0 Å². The van der Waals surface area contributed by atoms with E-state index in [9.17, 15) is 58.2 Å². The molecule has 2 fully saturated rings. The van der Waals surface area contributed by atoms with Crippen molar-refractivity contribution in [3.8, 4) is 5.75 Å². The number of phenols is 1. The largest absolute Gasteiger partial charge is 0.508 e. The van der Waals surface area contributed by atoms with Crippen molar-refractivity contribution in [2.75, 3.05) is 26.2 Å². The molecule has 19 N–H and O–H groups in total. The molecule has 2 aliphatic rings. The number of para-hydroxylation sites is 1. The first-order chi connectivity index (χ1) is 44.0. The zero-order valence-corrected chi connectivity index (χ0v) is 53.1. The summed E-state index contributed by atoms with van der Waals surface area (Å²) in [5.41, 5.74) is 13.2. The first kappa shape index (κ1) is 75.3. The monoisotopic (exact) mass is 1300 g/mol. The number of aliphatic hydroxyl groups excluding tert-OH is 1. The Morgan fingerprint density at radius 1 is 0.688 bits per heavy atom. The Hall–Kier alpha value is -10.1. The maximum absolute atomic E-state index is 14.6. The molecule has 9 unspecified atom stereocenters. The predicted octanol–water partition coefficient (Wildman–Crippen LogP) is -2.04. The highest BCUT2D eigenvalue weighted by molar-refractivity contribution is 5.99. The van der Waals surface area contributed by atoms with Crippen LogP contribution in [0.4, 0.5) is 0 Å². The highest BCUT2D eigenvalue weighted by Gasteiger charge is 2.40. The molecule has 9 atom stereocenters. The molecule has 93 heavy (non-hydrogen) atoms. The third kappa shape index (κ3) is 24.5. The SMILES string of the molecule is CC(=O)O.CC(=O)O.CCNC(=O)C1CCCN1C(=O)C(CCCN=C(N)N)NC(=O)C(NC(=O)C(NC(=O)C(Cc1ccc(O)cc1)NC(=O)C(CO)NC(=O)C(Cc1c[nH]c2ccccc12)NC(=O)C(Cc1cnc[nH]1)NC(=O)C1CCC(=O)N1)C(C)C)C(C)C. The third-order valence-electron chi connectivity index (χ3n) is 14.7. The zero-order valence-electron chi connectivity index (χ0n) is 53.1. The number of likely N-dealkylation sites (N-methyl/N-ethyl adjacent to an activating group) is 1. The van der Waals surface area contributed by atoms with Crippen molar-refractivity contribution in [3.63, 3.8) is 0 Å². The average molecular weight is 1300 g/mol. The molecule has 2 aromatic heterocycles. The number of aromatic hydroxyl groups is 1. The summed E-state index contributed by atoms with van der Waals surface area (Å²) in [6.07, 6.45) is 5.64. The minimum absolute atomic E-state index is 0.0826. The number of aliphatic imine (C=N–C) groups is 1. The fourth-order valence-corrected chi connectivity index (χ4v) is 10.1. The number of aliphatic hydroxyl groups is 1. The van der Waals surface area contributed by atoms with Gasteiger partial charge in [-0.25, -0.2) is 4.98 Å². The van der Waals surface area contributed by atoms with Crippen LogP contribution in [0.1, 0.15) is 104 Å². The lowest BCUT2D eigenvalue weighted by Crippen LogP contribution is -2.62. The number of hydrogen-bond donors (Lipinski definition) is 17. The third-order valence-corrected chi connectivity index (χ3v) is 14.7.